The van der Waals surface area contributed by atoms with Crippen LogP contribution in [0.15, 0.2) is 18.2 Å². The molecule has 0 saturated heterocycles. The average Bonchev–Trinajstić information content (AvgIpc) is 2.25. The molecule has 0 radical (unpaired) electrons. The first-order valence-corrected chi connectivity index (χ1v) is 4.40. The van der Waals surface area contributed by atoms with Crippen LogP contribution in [-0.2, 0) is 0 Å². The molecular formula is C9H10FNO5. The lowest BCUT2D eigenvalue weighted by Crippen LogP contribution is -2.21. The highest BCUT2D eigenvalue weighted by molar-refractivity contribution is 5.46. The van der Waals surface area contributed by atoms with Crippen molar-refractivity contribution in [3.8, 4) is 5.75 Å². The van der Waals surface area contributed by atoms with Crippen LogP contribution in [0.2, 0.25) is 0 Å². The number of benzene rings is 1. The second kappa shape index (κ2) is 5.38. The second-order valence-electron chi connectivity index (χ2n) is 3.02. The number of hydrogen-bond donors (Lipinski definition) is 2. The number of aliphatic hydroxyl groups excluding tert-OH is 2. The van der Waals surface area contributed by atoms with E-state index in [1.807, 2.05) is 0 Å². The van der Waals surface area contributed by atoms with Crippen LogP contribution in [0.1, 0.15) is 0 Å². The van der Waals surface area contributed by atoms with Crippen molar-refractivity contribution in [3.63, 3.8) is 0 Å². The standard InChI is InChI=1S/C9H10FNO5/c10-6-1-2-8(11(14)15)9(3-6)16-5-7(13)4-12/h1-3,7,12-13H,4-5H2. The number of ether oxygens (including phenoxy) is 1. The molecule has 1 aromatic rings. The van der Waals surface area contributed by atoms with E-state index in [-0.39, 0.29) is 12.4 Å². The van der Waals surface area contributed by atoms with Crippen LogP contribution in [0.5, 0.6) is 5.75 Å². The largest absolute Gasteiger partial charge is 0.484 e. The highest BCUT2D eigenvalue weighted by atomic mass is 19.1. The molecule has 1 atom stereocenters. The SMILES string of the molecule is O=[N+]([O-])c1ccc(F)cc1OCC(O)CO. The summed E-state index contributed by atoms with van der Waals surface area (Å²) in [5.41, 5.74) is -0.397. The number of nitrogens with zero attached hydrogens (tertiary/aromatic N) is 1. The van der Waals surface area contributed by atoms with Crippen LogP contribution in [0, 0.1) is 15.9 Å². The lowest BCUT2D eigenvalue weighted by molar-refractivity contribution is -0.386. The summed E-state index contributed by atoms with van der Waals surface area (Å²) in [5, 5.41) is 28.0. The maximum absolute atomic E-state index is 12.8. The van der Waals surface area contributed by atoms with Gasteiger partial charge in [-0.2, -0.15) is 0 Å². The lowest BCUT2D eigenvalue weighted by atomic mass is 10.3. The zero-order valence-electron chi connectivity index (χ0n) is 8.17. The Kier molecular flexibility index (Phi) is 4.15. The van der Waals surface area contributed by atoms with Gasteiger partial charge < -0.3 is 14.9 Å². The predicted octanol–water partition coefficient (Wildman–Crippen LogP) is 0.466. The topological polar surface area (TPSA) is 92.8 Å². The highest BCUT2D eigenvalue weighted by Crippen LogP contribution is 2.27. The molecule has 0 aromatic heterocycles. The first-order valence-electron chi connectivity index (χ1n) is 4.40. The molecule has 0 heterocycles. The van der Waals surface area contributed by atoms with E-state index >= 15 is 0 Å². The molecule has 6 nitrogen and oxygen atoms in total. The fraction of sp³-hybridized carbons (Fsp3) is 0.333. The number of halogens is 1. The van der Waals surface area contributed by atoms with Gasteiger partial charge in [-0.1, -0.05) is 0 Å². The van der Waals surface area contributed by atoms with Crippen molar-refractivity contribution in [1.82, 2.24) is 0 Å². The van der Waals surface area contributed by atoms with Gasteiger partial charge in [0.15, 0.2) is 5.75 Å². The van der Waals surface area contributed by atoms with Gasteiger partial charge in [0.2, 0.25) is 0 Å². The third-order valence-corrected chi connectivity index (χ3v) is 1.76. The van der Waals surface area contributed by atoms with E-state index in [0.29, 0.717) is 0 Å². The molecule has 88 valence electrons. The van der Waals surface area contributed by atoms with Gasteiger partial charge >= 0.3 is 5.69 Å². The molecule has 0 aliphatic rings. The molecule has 1 unspecified atom stereocenters. The van der Waals surface area contributed by atoms with Crippen molar-refractivity contribution in [2.45, 2.75) is 6.10 Å². The van der Waals surface area contributed by atoms with Crippen molar-refractivity contribution in [3.05, 3.63) is 34.1 Å². The highest BCUT2D eigenvalue weighted by Gasteiger charge is 2.16. The smallest absolute Gasteiger partial charge is 0.311 e. The number of hydrogen-bond acceptors (Lipinski definition) is 5. The molecule has 0 amide bonds. The fourth-order valence-corrected chi connectivity index (χ4v) is 0.993. The Hall–Kier alpha value is -1.73. The van der Waals surface area contributed by atoms with Crippen LogP contribution in [0.25, 0.3) is 0 Å². The molecule has 0 aliphatic heterocycles. The van der Waals surface area contributed by atoms with Crippen LogP contribution in [-0.4, -0.2) is 34.5 Å². The minimum atomic E-state index is -1.16. The maximum Gasteiger partial charge on any atom is 0.311 e. The van der Waals surface area contributed by atoms with Gasteiger partial charge in [-0.05, 0) is 6.07 Å². The van der Waals surface area contributed by atoms with Crippen molar-refractivity contribution >= 4 is 5.69 Å². The summed E-state index contributed by atoms with van der Waals surface area (Å²) < 4.78 is 17.6. The van der Waals surface area contributed by atoms with Crippen LogP contribution in [0.4, 0.5) is 10.1 Å². The van der Waals surface area contributed by atoms with Gasteiger partial charge in [0, 0.05) is 12.1 Å². The Morgan fingerprint density at radius 2 is 2.25 bits per heavy atom. The van der Waals surface area contributed by atoms with Gasteiger partial charge in [-0.3, -0.25) is 10.1 Å². The van der Waals surface area contributed by atoms with Crippen LogP contribution >= 0.6 is 0 Å². The van der Waals surface area contributed by atoms with E-state index in [0.717, 1.165) is 18.2 Å². The van der Waals surface area contributed by atoms with Gasteiger partial charge in [0.1, 0.15) is 18.5 Å². The maximum atomic E-state index is 12.8. The van der Waals surface area contributed by atoms with E-state index in [2.05, 4.69) is 0 Å². The predicted molar refractivity (Wildman–Crippen MR) is 51.6 cm³/mol. The van der Waals surface area contributed by atoms with E-state index in [1.165, 1.54) is 0 Å². The van der Waals surface area contributed by atoms with Gasteiger partial charge in [-0.25, -0.2) is 4.39 Å². The van der Waals surface area contributed by atoms with E-state index in [9.17, 15) is 14.5 Å². The second-order valence-corrected chi connectivity index (χ2v) is 3.02. The van der Waals surface area contributed by atoms with Crippen molar-refractivity contribution < 1.29 is 24.3 Å². The molecule has 0 aliphatic carbocycles. The number of nitro benzene ring substituents is 1. The minimum Gasteiger partial charge on any atom is -0.484 e. The van der Waals surface area contributed by atoms with Crippen LogP contribution in [0.3, 0.4) is 0 Å². The van der Waals surface area contributed by atoms with E-state index < -0.39 is 29.1 Å². The number of nitro groups is 1. The summed E-state index contributed by atoms with van der Waals surface area (Å²) in [5.74, 6) is -0.961. The zero-order valence-corrected chi connectivity index (χ0v) is 8.17. The third kappa shape index (κ3) is 3.14. The molecule has 0 saturated carbocycles. The molecule has 1 rings (SSSR count). The summed E-state index contributed by atoms with van der Waals surface area (Å²) in [4.78, 5) is 9.82. The van der Waals surface area contributed by atoms with Gasteiger partial charge in [0.05, 0.1) is 11.5 Å². The number of rotatable bonds is 5. The molecule has 0 bridgehead atoms. The first kappa shape index (κ1) is 12.3. The molecular weight excluding hydrogens is 221 g/mol. The quantitative estimate of drug-likeness (QED) is 0.567. The first-order chi connectivity index (χ1) is 7.54. The molecule has 2 N–H and O–H groups in total. The monoisotopic (exact) mass is 231 g/mol. The third-order valence-electron chi connectivity index (χ3n) is 1.76. The summed E-state index contributed by atoms with van der Waals surface area (Å²) in [6.07, 6.45) is -1.16. The van der Waals surface area contributed by atoms with Crippen molar-refractivity contribution in [2.75, 3.05) is 13.2 Å². The van der Waals surface area contributed by atoms with Gasteiger partial charge in [0.25, 0.3) is 0 Å². The summed E-state index contributed by atoms with van der Waals surface area (Å²) >= 11 is 0. The normalized spacial score (nSPS) is 12.2. The van der Waals surface area contributed by atoms with Gasteiger partial charge in [-0.15, -0.1) is 0 Å². The molecule has 0 fully saturated rings. The summed E-state index contributed by atoms with van der Waals surface area (Å²) in [6, 6.07) is 2.76. The summed E-state index contributed by atoms with van der Waals surface area (Å²) in [6.45, 7) is -0.885. The minimum absolute atomic E-state index is 0.280. The number of aliphatic hydroxyl groups is 2. The van der Waals surface area contributed by atoms with Crippen molar-refractivity contribution in [1.29, 1.82) is 0 Å². The average molecular weight is 231 g/mol. The Labute approximate surface area is 90.0 Å². The summed E-state index contributed by atoms with van der Waals surface area (Å²) in [7, 11) is 0. The fourth-order valence-electron chi connectivity index (χ4n) is 0.993. The Morgan fingerprint density at radius 3 is 2.81 bits per heavy atom. The molecule has 1 aromatic carbocycles. The Bertz CT molecular complexity index is 384. The Balaban J connectivity index is 2.84. The van der Waals surface area contributed by atoms with E-state index in [1.54, 1.807) is 0 Å². The molecule has 16 heavy (non-hydrogen) atoms. The van der Waals surface area contributed by atoms with E-state index in [4.69, 9.17) is 14.9 Å². The lowest BCUT2D eigenvalue weighted by Gasteiger charge is -2.09. The Morgan fingerprint density at radius 1 is 1.56 bits per heavy atom. The zero-order chi connectivity index (χ0) is 12.1. The van der Waals surface area contributed by atoms with Crippen LogP contribution < -0.4 is 4.74 Å². The molecule has 7 heteroatoms. The molecule has 0 spiro atoms. The van der Waals surface area contributed by atoms with Crippen molar-refractivity contribution in [2.24, 2.45) is 0 Å².